The van der Waals surface area contributed by atoms with Gasteiger partial charge in [-0.15, -0.1) is 0 Å². The highest BCUT2D eigenvalue weighted by Crippen LogP contribution is 2.31. The second kappa shape index (κ2) is 7.22. The zero-order valence-electron chi connectivity index (χ0n) is 12.8. The molecule has 1 amide bonds. The second-order valence-electron chi connectivity index (χ2n) is 6.27. The maximum Gasteiger partial charge on any atom is 0.308 e. The molecule has 6 heteroatoms. The summed E-state index contributed by atoms with van der Waals surface area (Å²) in [5, 5.41) is 6.26. The van der Waals surface area contributed by atoms with Crippen LogP contribution in [0.2, 0.25) is 0 Å². The first-order valence-corrected chi connectivity index (χ1v) is 8.01. The monoisotopic (exact) mass is 297 g/mol. The fraction of sp³-hybridized carbons (Fsp3) is 0.867. The number of nitrogens with two attached hydrogens (primary N) is 1. The van der Waals surface area contributed by atoms with E-state index in [-0.39, 0.29) is 30.4 Å². The molecule has 0 aromatic carbocycles. The third-order valence-electron chi connectivity index (χ3n) is 4.47. The molecule has 1 aliphatic heterocycles. The van der Waals surface area contributed by atoms with Gasteiger partial charge in [-0.3, -0.25) is 9.59 Å². The van der Waals surface area contributed by atoms with Gasteiger partial charge in [0, 0.05) is 12.6 Å². The van der Waals surface area contributed by atoms with Gasteiger partial charge in [0.15, 0.2) is 0 Å². The van der Waals surface area contributed by atoms with Gasteiger partial charge in [-0.2, -0.15) is 0 Å². The van der Waals surface area contributed by atoms with E-state index in [0.29, 0.717) is 19.6 Å². The molecule has 2 rings (SSSR count). The molecule has 1 saturated heterocycles. The molecule has 1 heterocycles. The van der Waals surface area contributed by atoms with Crippen LogP contribution in [0.3, 0.4) is 0 Å². The zero-order valence-corrected chi connectivity index (χ0v) is 12.8. The third-order valence-corrected chi connectivity index (χ3v) is 4.47. The van der Waals surface area contributed by atoms with Crippen LogP contribution < -0.4 is 16.4 Å². The Morgan fingerprint density at radius 3 is 2.62 bits per heavy atom. The highest BCUT2D eigenvalue weighted by atomic mass is 16.5. The third kappa shape index (κ3) is 4.41. The summed E-state index contributed by atoms with van der Waals surface area (Å²) in [6, 6.07) is -0.200. The minimum absolute atomic E-state index is 0.0332. The summed E-state index contributed by atoms with van der Waals surface area (Å²) in [5.41, 5.74) is 5.40. The van der Waals surface area contributed by atoms with Gasteiger partial charge in [-0.25, -0.2) is 0 Å². The summed E-state index contributed by atoms with van der Waals surface area (Å²) >= 11 is 0. The molecule has 4 N–H and O–H groups in total. The normalized spacial score (nSPS) is 28.1. The summed E-state index contributed by atoms with van der Waals surface area (Å²) < 4.78 is 5.07. The lowest BCUT2D eigenvalue weighted by molar-refractivity contribution is -0.145. The lowest BCUT2D eigenvalue weighted by Crippen LogP contribution is -2.55. The molecule has 1 saturated carbocycles. The molecule has 0 spiro atoms. The van der Waals surface area contributed by atoms with Crippen molar-refractivity contribution in [2.24, 2.45) is 5.73 Å². The van der Waals surface area contributed by atoms with Gasteiger partial charge in [-0.1, -0.05) is 19.3 Å². The number of carbonyl (C=O) groups is 2. The Hall–Kier alpha value is -1.14. The molecule has 0 radical (unpaired) electrons. The van der Waals surface area contributed by atoms with Crippen molar-refractivity contribution in [3.63, 3.8) is 0 Å². The highest BCUT2D eigenvalue weighted by Gasteiger charge is 2.38. The summed E-state index contributed by atoms with van der Waals surface area (Å²) in [6.07, 6.45) is 5.85. The van der Waals surface area contributed by atoms with E-state index in [1.165, 1.54) is 0 Å². The van der Waals surface area contributed by atoms with Gasteiger partial charge in [0.2, 0.25) is 5.91 Å². The Morgan fingerprint density at radius 1 is 1.33 bits per heavy atom. The van der Waals surface area contributed by atoms with Gasteiger partial charge >= 0.3 is 5.97 Å². The van der Waals surface area contributed by atoms with Crippen LogP contribution >= 0.6 is 0 Å². The lowest BCUT2D eigenvalue weighted by atomic mass is 9.79. The van der Waals surface area contributed by atoms with Crippen molar-refractivity contribution in [2.45, 2.75) is 69.5 Å². The van der Waals surface area contributed by atoms with Gasteiger partial charge in [0.05, 0.1) is 24.6 Å². The Labute approximate surface area is 126 Å². The minimum atomic E-state index is -0.435. The van der Waals surface area contributed by atoms with Crippen molar-refractivity contribution >= 4 is 11.9 Å². The molecule has 2 atom stereocenters. The van der Waals surface area contributed by atoms with E-state index in [9.17, 15) is 9.59 Å². The van der Waals surface area contributed by atoms with Crippen molar-refractivity contribution in [3.8, 4) is 0 Å². The van der Waals surface area contributed by atoms with Crippen LogP contribution in [-0.4, -0.2) is 42.7 Å². The number of rotatable bonds is 5. The molecule has 0 unspecified atom stereocenters. The summed E-state index contributed by atoms with van der Waals surface area (Å²) in [4.78, 5) is 24.3. The highest BCUT2D eigenvalue weighted by molar-refractivity contribution is 5.84. The predicted molar refractivity (Wildman–Crippen MR) is 79.6 cm³/mol. The van der Waals surface area contributed by atoms with E-state index in [4.69, 9.17) is 10.5 Å². The van der Waals surface area contributed by atoms with Gasteiger partial charge < -0.3 is 21.1 Å². The summed E-state index contributed by atoms with van der Waals surface area (Å²) in [5.74, 6) is -0.259. The fourth-order valence-electron chi connectivity index (χ4n) is 3.37. The lowest BCUT2D eigenvalue weighted by Gasteiger charge is -2.38. The van der Waals surface area contributed by atoms with Gasteiger partial charge in [0.1, 0.15) is 0 Å². The largest absolute Gasteiger partial charge is 0.466 e. The SMILES string of the molecule is CCOC(=O)CC1(NC(=O)[C@@H]2C[C@@H](N)CN2)CCCCC1. The van der Waals surface area contributed by atoms with Crippen LogP contribution in [0.4, 0.5) is 0 Å². The van der Waals surface area contributed by atoms with Crippen molar-refractivity contribution in [2.75, 3.05) is 13.2 Å². The number of amides is 1. The molecular weight excluding hydrogens is 270 g/mol. The zero-order chi connectivity index (χ0) is 15.3. The molecule has 0 aromatic heterocycles. The fourth-order valence-corrected chi connectivity index (χ4v) is 3.37. The van der Waals surface area contributed by atoms with Crippen LogP contribution in [0.5, 0.6) is 0 Å². The van der Waals surface area contributed by atoms with E-state index in [2.05, 4.69) is 10.6 Å². The first kappa shape index (κ1) is 16.2. The number of ether oxygens (including phenoxy) is 1. The average Bonchev–Trinajstić information content (AvgIpc) is 2.86. The van der Waals surface area contributed by atoms with Gasteiger partial charge in [-0.05, 0) is 26.2 Å². The van der Waals surface area contributed by atoms with Crippen LogP contribution in [0.1, 0.15) is 51.9 Å². The number of hydrogen-bond donors (Lipinski definition) is 3. The Balaban J connectivity index is 1.98. The maximum absolute atomic E-state index is 12.4. The first-order chi connectivity index (χ1) is 10.0. The molecule has 2 fully saturated rings. The Kier molecular flexibility index (Phi) is 5.58. The molecule has 0 bridgehead atoms. The molecule has 21 heavy (non-hydrogen) atoms. The molecule has 120 valence electrons. The smallest absolute Gasteiger partial charge is 0.308 e. The minimum Gasteiger partial charge on any atom is -0.466 e. The molecule has 2 aliphatic rings. The Bertz CT molecular complexity index is 380. The van der Waals surface area contributed by atoms with Crippen LogP contribution in [0.15, 0.2) is 0 Å². The number of carbonyl (C=O) groups excluding carboxylic acids is 2. The van der Waals surface area contributed by atoms with Gasteiger partial charge in [0.25, 0.3) is 0 Å². The topological polar surface area (TPSA) is 93.5 Å². The molecular formula is C15H27N3O3. The quantitative estimate of drug-likeness (QED) is 0.641. The number of hydrogen-bond acceptors (Lipinski definition) is 5. The van der Waals surface area contributed by atoms with Crippen molar-refractivity contribution in [1.29, 1.82) is 0 Å². The number of nitrogens with one attached hydrogen (secondary N) is 2. The Morgan fingerprint density at radius 2 is 2.05 bits per heavy atom. The van der Waals surface area contributed by atoms with E-state index < -0.39 is 5.54 Å². The van der Waals surface area contributed by atoms with E-state index in [1.54, 1.807) is 6.92 Å². The molecule has 1 aliphatic carbocycles. The second-order valence-corrected chi connectivity index (χ2v) is 6.27. The van der Waals surface area contributed by atoms with Crippen LogP contribution in [-0.2, 0) is 14.3 Å². The van der Waals surface area contributed by atoms with Crippen molar-refractivity contribution < 1.29 is 14.3 Å². The molecule has 0 aromatic rings. The van der Waals surface area contributed by atoms with Crippen LogP contribution in [0.25, 0.3) is 0 Å². The van der Waals surface area contributed by atoms with Crippen molar-refractivity contribution in [1.82, 2.24) is 10.6 Å². The van der Waals surface area contributed by atoms with E-state index in [0.717, 1.165) is 32.1 Å². The van der Waals surface area contributed by atoms with E-state index >= 15 is 0 Å². The standard InChI is InChI=1S/C15H27N3O3/c1-2-21-13(19)9-15(6-4-3-5-7-15)18-14(20)12-8-11(16)10-17-12/h11-12,17H,2-10,16H2,1H3,(H,18,20)/t11-,12+/m1/s1. The average molecular weight is 297 g/mol. The summed E-state index contributed by atoms with van der Waals surface area (Å²) in [7, 11) is 0. The van der Waals surface area contributed by atoms with Crippen LogP contribution in [0, 0.1) is 0 Å². The van der Waals surface area contributed by atoms with Crippen molar-refractivity contribution in [3.05, 3.63) is 0 Å². The van der Waals surface area contributed by atoms with E-state index in [1.807, 2.05) is 0 Å². The predicted octanol–water partition coefficient (Wildman–Crippen LogP) is 0.448. The summed E-state index contributed by atoms with van der Waals surface area (Å²) in [6.45, 7) is 2.85. The first-order valence-electron chi connectivity index (χ1n) is 8.01. The maximum atomic E-state index is 12.4. The number of esters is 1. The molecule has 6 nitrogen and oxygen atoms in total.